The monoisotopic (exact) mass is 389 g/mol. The molecule has 27 heavy (non-hydrogen) atoms. The predicted octanol–water partition coefficient (Wildman–Crippen LogP) is 2.53. The molecule has 1 aromatic heterocycles. The smallest absolute Gasteiger partial charge is 0.319 e. The van der Waals surface area contributed by atoms with E-state index in [1.54, 1.807) is 38.3 Å². The Morgan fingerprint density at radius 3 is 2.56 bits per heavy atom. The summed E-state index contributed by atoms with van der Waals surface area (Å²) in [5, 5.41) is 9.61. The van der Waals surface area contributed by atoms with Crippen molar-refractivity contribution in [2.75, 3.05) is 32.1 Å². The first kappa shape index (κ1) is 19.1. The van der Waals surface area contributed by atoms with Crippen LogP contribution in [0.1, 0.15) is 28.2 Å². The molecule has 0 unspecified atom stereocenters. The van der Waals surface area contributed by atoms with Gasteiger partial charge in [-0.25, -0.2) is 4.79 Å². The zero-order valence-corrected chi connectivity index (χ0v) is 16.2. The molecular weight excluding hydrogens is 366 g/mol. The van der Waals surface area contributed by atoms with Crippen LogP contribution in [0.15, 0.2) is 24.3 Å². The van der Waals surface area contributed by atoms with Crippen LogP contribution in [0.25, 0.3) is 0 Å². The maximum Gasteiger partial charge on any atom is 0.319 e. The van der Waals surface area contributed by atoms with Gasteiger partial charge < -0.3 is 20.3 Å². The highest BCUT2D eigenvalue weighted by Gasteiger charge is 2.26. The van der Waals surface area contributed by atoms with Crippen molar-refractivity contribution in [3.05, 3.63) is 34.8 Å². The number of aromatic nitrogens is 2. The van der Waals surface area contributed by atoms with E-state index in [1.165, 1.54) is 0 Å². The Labute approximate surface area is 162 Å². The molecule has 0 aliphatic carbocycles. The molecule has 1 aliphatic heterocycles. The van der Waals surface area contributed by atoms with E-state index in [2.05, 4.69) is 20.2 Å². The average molecular weight is 389 g/mol. The molecule has 3 rings (SSSR count). The van der Waals surface area contributed by atoms with Gasteiger partial charge >= 0.3 is 6.03 Å². The average Bonchev–Trinajstić information content (AvgIpc) is 3.13. The zero-order chi connectivity index (χ0) is 19.2. The van der Waals surface area contributed by atoms with Crippen LogP contribution in [-0.2, 0) is 0 Å². The highest BCUT2D eigenvalue weighted by molar-refractivity contribution is 7.07. The van der Waals surface area contributed by atoms with Crippen LogP contribution < -0.4 is 15.4 Å². The third-order valence-electron chi connectivity index (χ3n) is 4.65. The van der Waals surface area contributed by atoms with Crippen molar-refractivity contribution in [1.82, 2.24) is 19.8 Å². The van der Waals surface area contributed by atoms with E-state index in [-0.39, 0.29) is 11.9 Å². The van der Waals surface area contributed by atoms with E-state index in [4.69, 9.17) is 4.74 Å². The van der Waals surface area contributed by atoms with Crippen molar-refractivity contribution < 1.29 is 14.3 Å². The number of methoxy groups -OCH3 is 1. The Morgan fingerprint density at radius 1 is 1.26 bits per heavy atom. The van der Waals surface area contributed by atoms with Gasteiger partial charge in [0.1, 0.15) is 10.6 Å². The lowest BCUT2D eigenvalue weighted by Gasteiger charge is -2.31. The van der Waals surface area contributed by atoms with Crippen LogP contribution in [-0.4, -0.2) is 53.2 Å². The minimum Gasteiger partial charge on any atom is -0.497 e. The summed E-state index contributed by atoms with van der Waals surface area (Å²) < 4.78 is 8.92. The number of ether oxygens (including phenoxy) is 1. The summed E-state index contributed by atoms with van der Waals surface area (Å²) in [6.07, 6.45) is 1.72. The number of carbonyl (C=O) groups is 2. The predicted molar refractivity (Wildman–Crippen MR) is 103 cm³/mol. The van der Waals surface area contributed by atoms with Gasteiger partial charge in [0.05, 0.1) is 12.8 Å². The standard InChI is InChI=1S/C18H23N5O3S/c1-12-16(27-22-21-12)17(24)23-9-7-13(8-10-23)11-19-18(25)20-14-3-5-15(26-2)6-4-14/h3-6,13H,7-11H2,1-2H3,(H2,19,20,25). The number of amides is 3. The second kappa shape index (κ2) is 8.81. The van der Waals surface area contributed by atoms with E-state index in [0.29, 0.717) is 41.8 Å². The number of piperidine rings is 1. The van der Waals surface area contributed by atoms with Crippen molar-refractivity contribution in [3.8, 4) is 5.75 Å². The van der Waals surface area contributed by atoms with E-state index in [9.17, 15) is 9.59 Å². The summed E-state index contributed by atoms with van der Waals surface area (Å²) in [6, 6.07) is 6.94. The normalized spacial score (nSPS) is 14.7. The first-order valence-corrected chi connectivity index (χ1v) is 9.61. The van der Waals surface area contributed by atoms with Gasteiger partial charge in [-0.2, -0.15) is 0 Å². The molecule has 0 saturated carbocycles. The van der Waals surface area contributed by atoms with Gasteiger partial charge in [-0.1, -0.05) is 4.49 Å². The lowest BCUT2D eigenvalue weighted by atomic mass is 9.96. The number of aryl methyl sites for hydroxylation is 1. The second-order valence-corrected chi connectivity index (χ2v) is 7.24. The van der Waals surface area contributed by atoms with Crippen molar-refractivity contribution in [2.45, 2.75) is 19.8 Å². The number of benzene rings is 1. The molecular formula is C18H23N5O3S. The second-order valence-electron chi connectivity index (χ2n) is 6.49. The number of hydrogen-bond acceptors (Lipinski definition) is 6. The first-order chi connectivity index (χ1) is 13.1. The van der Waals surface area contributed by atoms with Gasteiger partial charge in [0.15, 0.2) is 0 Å². The van der Waals surface area contributed by atoms with Crippen molar-refractivity contribution in [3.63, 3.8) is 0 Å². The molecule has 2 aromatic rings. The number of carbonyl (C=O) groups excluding carboxylic acids is 2. The van der Waals surface area contributed by atoms with Gasteiger partial charge in [0, 0.05) is 25.3 Å². The van der Waals surface area contributed by atoms with Crippen LogP contribution in [0.4, 0.5) is 10.5 Å². The Bertz CT molecular complexity index is 785. The summed E-state index contributed by atoms with van der Waals surface area (Å²) in [7, 11) is 1.60. The SMILES string of the molecule is COc1ccc(NC(=O)NCC2CCN(C(=O)c3snnc3C)CC2)cc1. The molecule has 3 amide bonds. The number of rotatable bonds is 5. The molecule has 1 saturated heterocycles. The third kappa shape index (κ3) is 4.94. The third-order valence-corrected chi connectivity index (χ3v) is 5.46. The number of nitrogens with zero attached hydrogens (tertiary/aromatic N) is 3. The molecule has 144 valence electrons. The zero-order valence-electron chi connectivity index (χ0n) is 15.4. The van der Waals surface area contributed by atoms with Crippen LogP contribution in [0, 0.1) is 12.8 Å². The topological polar surface area (TPSA) is 96.5 Å². The summed E-state index contributed by atoms with van der Waals surface area (Å²) >= 11 is 1.14. The van der Waals surface area contributed by atoms with E-state index in [0.717, 1.165) is 30.1 Å². The molecule has 8 nitrogen and oxygen atoms in total. The molecule has 1 fully saturated rings. The molecule has 0 bridgehead atoms. The summed E-state index contributed by atoms with van der Waals surface area (Å²) in [4.78, 5) is 27.0. The minimum atomic E-state index is -0.231. The molecule has 9 heteroatoms. The molecule has 0 radical (unpaired) electrons. The van der Waals surface area contributed by atoms with Crippen molar-refractivity contribution in [2.24, 2.45) is 5.92 Å². The maximum atomic E-state index is 12.5. The molecule has 2 N–H and O–H groups in total. The van der Waals surface area contributed by atoms with Gasteiger partial charge in [-0.05, 0) is 61.5 Å². The van der Waals surface area contributed by atoms with E-state index in [1.807, 2.05) is 4.90 Å². The number of anilines is 1. The maximum absolute atomic E-state index is 12.5. The van der Waals surface area contributed by atoms with Crippen LogP contribution >= 0.6 is 11.5 Å². The highest BCUT2D eigenvalue weighted by Crippen LogP contribution is 2.21. The van der Waals surface area contributed by atoms with Crippen LogP contribution in [0.2, 0.25) is 0 Å². The molecule has 0 atom stereocenters. The quantitative estimate of drug-likeness (QED) is 0.819. The number of nitrogens with one attached hydrogen (secondary N) is 2. The molecule has 0 spiro atoms. The van der Waals surface area contributed by atoms with Crippen LogP contribution in [0.5, 0.6) is 5.75 Å². The fourth-order valence-electron chi connectivity index (χ4n) is 3.00. The largest absolute Gasteiger partial charge is 0.497 e. The van der Waals surface area contributed by atoms with Gasteiger partial charge in [-0.3, -0.25) is 4.79 Å². The number of hydrogen-bond donors (Lipinski definition) is 2. The summed E-state index contributed by atoms with van der Waals surface area (Å²) in [5.74, 6) is 1.11. The van der Waals surface area contributed by atoms with Gasteiger partial charge in [0.2, 0.25) is 0 Å². The summed E-state index contributed by atoms with van der Waals surface area (Å²) in [5.41, 5.74) is 1.39. The molecule has 1 aliphatic rings. The lowest BCUT2D eigenvalue weighted by molar-refractivity contribution is 0.0694. The molecule has 1 aromatic carbocycles. The van der Waals surface area contributed by atoms with E-state index >= 15 is 0 Å². The Kier molecular flexibility index (Phi) is 6.23. The Balaban J connectivity index is 1.40. The van der Waals surface area contributed by atoms with Crippen molar-refractivity contribution >= 4 is 29.2 Å². The van der Waals surface area contributed by atoms with Crippen molar-refractivity contribution in [1.29, 1.82) is 0 Å². The Morgan fingerprint density at radius 2 is 1.96 bits per heavy atom. The fraction of sp³-hybridized carbons (Fsp3) is 0.444. The minimum absolute atomic E-state index is 0.00570. The molecule has 2 heterocycles. The van der Waals surface area contributed by atoms with E-state index < -0.39 is 0 Å². The number of likely N-dealkylation sites (tertiary alicyclic amines) is 1. The van der Waals surface area contributed by atoms with Gasteiger partial charge in [0.25, 0.3) is 5.91 Å². The summed E-state index contributed by atoms with van der Waals surface area (Å²) in [6.45, 7) is 3.76. The number of urea groups is 1. The van der Waals surface area contributed by atoms with Gasteiger partial charge in [-0.15, -0.1) is 5.10 Å². The Hall–Kier alpha value is -2.68. The fourth-order valence-corrected chi connectivity index (χ4v) is 3.62. The lowest BCUT2D eigenvalue weighted by Crippen LogP contribution is -2.42. The first-order valence-electron chi connectivity index (χ1n) is 8.84. The van der Waals surface area contributed by atoms with Crippen LogP contribution in [0.3, 0.4) is 0 Å². The highest BCUT2D eigenvalue weighted by atomic mass is 32.1.